The number of nitrogens with zero attached hydrogens (tertiary/aromatic N) is 12. The number of likely N-dealkylation sites (tertiary alicyclic amines) is 2. The van der Waals surface area contributed by atoms with E-state index in [-0.39, 0.29) is 90.0 Å². The zero-order valence-corrected chi connectivity index (χ0v) is 63.8. The molecule has 3 aromatic heterocycles. The molecular formula is C78H99Cl3N18O6. The number of hydrogen-bond acceptors (Lipinski definition) is 21. The van der Waals surface area contributed by atoms with Gasteiger partial charge in [0.1, 0.15) is 72.2 Å². The zero-order chi connectivity index (χ0) is 74.1. The third-order valence-corrected chi connectivity index (χ3v) is 22.3. The van der Waals surface area contributed by atoms with Crippen molar-refractivity contribution in [3.05, 3.63) is 178 Å². The minimum atomic E-state index is -0.254. The van der Waals surface area contributed by atoms with E-state index in [0.29, 0.717) is 96.7 Å². The standard InChI is InChI=1S/3C26H33ClN6O2/c2*1-15(2)28-11-22(18-5-7-19(27)8-6-18)26(34)32-12-20-9-10-21(13-32)33(20)25-23-16(3)35-17(4)31-24(23)29-14-30-25;1-15(2)28-11-22(18-5-7-19(27)8-6-18)26(34)33-20-9-10-21(33)13-32(12-20)25-23-16(3)35-17(4)31-24(23)29-14-30-25/h3*5-8,14-16,20-22,28H,4,9-13H2,1-3H3,(H,29,30,31)/t16-,20?,21?,22+;2*16-,20?,21?,22-/m011/s1. The van der Waals surface area contributed by atoms with Crippen molar-refractivity contribution < 1.29 is 28.6 Å². The van der Waals surface area contributed by atoms with Gasteiger partial charge in [-0.3, -0.25) is 14.4 Å². The molecule has 558 valence electrons. The van der Waals surface area contributed by atoms with Gasteiger partial charge in [-0.2, -0.15) is 0 Å². The highest BCUT2D eigenvalue weighted by Crippen LogP contribution is 2.46. The van der Waals surface area contributed by atoms with E-state index in [2.05, 4.69) is 143 Å². The van der Waals surface area contributed by atoms with E-state index in [1.165, 1.54) is 0 Å². The number of hydrogen-bond donors (Lipinski definition) is 6. The summed E-state index contributed by atoms with van der Waals surface area (Å²) >= 11 is 18.4. The SMILES string of the molecule is C=C1Nc2ncnc(N3C4CCC3CN(C(=O)[C@H](CNC(C)C)c3ccc(Cl)cc3)C4)c2[C@@H](C)O1.C=C1Nc2ncnc(N3C4CCC3CN(C(=O)[C@H](CNC(C)C)c3ccc(Cl)cc3)C4)c2[C@H](C)O1.C=C1Nc2ncnc(N3CC4CCC(C3)N4C(=O)[C@H](CNC(C)C)c3ccc(Cl)cc3)c2[C@@H](C)O1. The van der Waals surface area contributed by atoms with Gasteiger partial charge in [-0.1, -0.05) is 113 Å². The summed E-state index contributed by atoms with van der Waals surface area (Å²) < 4.78 is 17.5. The number of benzene rings is 3. The lowest BCUT2D eigenvalue weighted by Crippen LogP contribution is -2.58. The highest BCUT2D eigenvalue weighted by atomic mass is 35.5. The summed E-state index contributed by atoms with van der Waals surface area (Å²) in [7, 11) is 0. The molecule has 0 saturated carbocycles. The number of nitrogens with one attached hydrogen (secondary N) is 6. The first kappa shape index (κ1) is 74.7. The van der Waals surface area contributed by atoms with Gasteiger partial charge in [0.2, 0.25) is 17.7 Å². The summed E-state index contributed by atoms with van der Waals surface area (Å²) in [6, 6.07) is 25.0. The second-order valence-corrected chi connectivity index (χ2v) is 31.2. The van der Waals surface area contributed by atoms with Crippen LogP contribution in [0.3, 0.4) is 0 Å². The van der Waals surface area contributed by atoms with Crippen LogP contribution in [0.15, 0.2) is 129 Å². The quantitative estimate of drug-likeness (QED) is 0.0468. The number of carbonyl (C=O) groups is 3. The molecule has 12 heterocycles. The summed E-state index contributed by atoms with van der Waals surface area (Å²) in [5.41, 5.74) is 5.83. The Labute approximate surface area is 631 Å². The summed E-state index contributed by atoms with van der Waals surface area (Å²) in [5, 5.41) is 21.8. The summed E-state index contributed by atoms with van der Waals surface area (Å²) in [6.45, 7) is 36.2. The minimum Gasteiger partial charge on any atom is -0.471 e. The minimum absolute atomic E-state index is 0.142. The number of carbonyl (C=O) groups excluding carboxylic acids is 3. The van der Waals surface area contributed by atoms with Crippen molar-refractivity contribution in [2.24, 2.45) is 0 Å². The third-order valence-electron chi connectivity index (χ3n) is 21.6. The number of ether oxygens (including phenoxy) is 3. The lowest BCUT2D eigenvalue weighted by atomic mass is 9.95. The van der Waals surface area contributed by atoms with Gasteiger partial charge in [-0.05, 0) is 132 Å². The van der Waals surface area contributed by atoms with Gasteiger partial charge in [0.25, 0.3) is 0 Å². The molecule has 0 radical (unpaired) electrons. The Morgan fingerprint density at radius 1 is 0.429 bits per heavy atom. The van der Waals surface area contributed by atoms with E-state index in [0.717, 1.165) is 120 Å². The molecule has 0 spiro atoms. The molecule has 9 aliphatic rings. The maximum absolute atomic E-state index is 14.0. The third kappa shape index (κ3) is 16.4. The summed E-state index contributed by atoms with van der Waals surface area (Å²) in [6.07, 6.45) is 10.3. The molecule has 6 bridgehead atoms. The zero-order valence-electron chi connectivity index (χ0n) is 61.5. The van der Waals surface area contributed by atoms with Crippen LogP contribution in [0.4, 0.5) is 34.9 Å². The molecule has 24 nitrogen and oxygen atoms in total. The predicted molar refractivity (Wildman–Crippen MR) is 412 cm³/mol. The lowest BCUT2D eigenvalue weighted by Gasteiger charge is -2.44. The number of piperazine rings is 3. The van der Waals surface area contributed by atoms with Gasteiger partial charge in [0, 0.05) is 128 Å². The first-order chi connectivity index (χ1) is 50.4. The Morgan fingerprint density at radius 3 is 1.03 bits per heavy atom. The lowest BCUT2D eigenvalue weighted by molar-refractivity contribution is -0.136. The first-order valence-corrected chi connectivity index (χ1v) is 38.2. The highest BCUT2D eigenvalue weighted by Gasteiger charge is 2.49. The maximum Gasteiger partial charge on any atom is 0.232 e. The molecule has 6 fully saturated rings. The Balaban J connectivity index is 0.000000140. The number of anilines is 6. The van der Waals surface area contributed by atoms with Crippen LogP contribution in [-0.2, 0) is 28.6 Å². The first-order valence-electron chi connectivity index (χ1n) is 37.0. The normalized spacial score (nSPS) is 24.1. The van der Waals surface area contributed by atoms with Gasteiger partial charge in [0.15, 0.2) is 17.6 Å². The fourth-order valence-corrected chi connectivity index (χ4v) is 17.0. The van der Waals surface area contributed by atoms with Crippen molar-refractivity contribution in [1.82, 2.24) is 60.6 Å². The van der Waals surface area contributed by atoms with Gasteiger partial charge in [-0.15, -0.1) is 0 Å². The van der Waals surface area contributed by atoms with Crippen LogP contribution in [0.25, 0.3) is 0 Å². The average molecular weight is 1490 g/mol. The van der Waals surface area contributed by atoms with Gasteiger partial charge >= 0.3 is 0 Å². The van der Waals surface area contributed by atoms with Crippen molar-refractivity contribution in [2.75, 3.05) is 89.6 Å². The van der Waals surface area contributed by atoms with E-state index in [1.54, 1.807) is 19.0 Å². The molecule has 3 aromatic carbocycles. The molecule has 12 atom stereocenters. The predicted octanol–water partition coefficient (Wildman–Crippen LogP) is 12.2. The second-order valence-electron chi connectivity index (χ2n) is 29.9. The van der Waals surface area contributed by atoms with E-state index < -0.39 is 0 Å². The molecule has 6 N–H and O–H groups in total. The number of aromatic nitrogens is 6. The fraction of sp³-hybridized carbons (Fsp3) is 0.500. The van der Waals surface area contributed by atoms with Crippen molar-refractivity contribution in [3.63, 3.8) is 0 Å². The molecular weight excluding hydrogens is 1390 g/mol. The van der Waals surface area contributed by atoms with E-state index in [4.69, 9.17) is 49.0 Å². The molecule has 6 aromatic rings. The number of fused-ring (bicyclic) bond motifs is 9. The van der Waals surface area contributed by atoms with Gasteiger partial charge < -0.3 is 75.5 Å². The second kappa shape index (κ2) is 32.3. The molecule has 105 heavy (non-hydrogen) atoms. The van der Waals surface area contributed by atoms with E-state index >= 15 is 0 Å². The number of halogens is 3. The Morgan fingerprint density at radius 2 is 0.714 bits per heavy atom. The highest BCUT2D eigenvalue weighted by molar-refractivity contribution is 6.31. The smallest absolute Gasteiger partial charge is 0.232 e. The number of amides is 3. The van der Waals surface area contributed by atoms with Crippen molar-refractivity contribution >= 4 is 87.4 Å². The van der Waals surface area contributed by atoms with Crippen LogP contribution in [0.1, 0.15) is 170 Å². The van der Waals surface area contributed by atoms with Gasteiger partial charge in [-0.25, -0.2) is 29.9 Å². The van der Waals surface area contributed by atoms with Crippen molar-refractivity contribution in [2.45, 2.75) is 191 Å². The van der Waals surface area contributed by atoms with Crippen LogP contribution in [0, 0.1) is 0 Å². The van der Waals surface area contributed by atoms with Crippen LogP contribution < -0.4 is 46.6 Å². The Bertz CT molecular complexity index is 3940. The number of rotatable bonds is 18. The van der Waals surface area contributed by atoms with Crippen molar-refractivity contribution in [3.8, 4) is 0 Å². The molecule has 9 aliphatic heterocycles. The molecule has 6 saturated heterocycles. The van der Waals surface area contributed by atoms with Crippen molar-refractivity contribution in [1.29, 1.82) is 0 Å². The largest absolute Gasteiger partial charge is 0.471 e. The monoisotopic (exact) mass is 1490 g/mol. The summed E-state index contributed by atoms with van der Waals surface area (Å²) in [4.78, 5) is 82.2. The molecule has 3 amide bonds. The molecule has 6 unspecified atom stereocenters. The van der Waals surface area contributed by atoms with Crippen LogP contribution in [0.5, 0.6) is 0 Å². The molecule has 0 aliphatic carbocycles. The Hall–Kier alpha value is -8.52. The summed E-state index contributed by atoms with van der Waals surface area (Å²) in [5.74, 6) is 6.16. The van der Waals surface area contributed by atoms with Crippen LogP contribution in [0.2, 0.25) is 15.1 Å². The Kier molecular flexibility index (Phi) is 23.0. The van der Waals surface area contributed by atoms with E-state index in [9.17, 15) is 14.4 Å². The van der Waals surface area contributed by atoms with E-state index in [1.807, 2.05) is 103 Å². The van der Waals surface area contributed by atoms with Gasteiger partial charge in [0.05, 0.1) is 34.4 Å². The fourth-order valence-electron chi connectivity index (χ4n) is 16.6. The maximum atomic E-state index is 14.0. The molecule has 15 rings (SSSR count). The average Bonchev–Trinajstić information content (AvgIpc) is 1.69. The van der Waals surface area contributed by atoms with Crippen LogP contribution >= 0.6 is 34.8 Å². The van der Waals surface area contributed by atoms with Crippen LogP contribution in [-0.4, -0.2) is 176 Å². The molecule has 27 heteroatoms. The topological polar surface area (TPSA) is 248 Å².